The van der Waals surface area contributed by atoms with E-state index in [9.17, 15) is 4.79 Å². The predicted molar refractivity (Wildman–Crippen MR) is 83.0 cm³/mol. The molecule has 2 aromatic carbocycles. The first-order valence-electron chi connectivity index (χ1n) is 6.73. The van der Waals surface area contributed by atoms with Crippen LogP contribution >= 0.6 is 0 Å². The van der Waals surface area contributed by atoms with Crippen LogP contribution in [0.15, 0.2) is 66.2 Å². The van der Waals surface area contributed by atoms with Crippen molar-refractivity contribution in [3.63, 3.8) is 0 Å². The van der Waals surface area contributed by atoms with E-state index in [1.54, 1.807) is 6.08 Å². The Morgan fingerprint density at radius 2 is 1.67 bits per heavy atom. The molecule has 0 bridgehead atoms. The van der Waals surface area contributed by atoms with Gasteiger partial charge in [0.15, 0.2) is 0 Å². The molecule has 104 valence electrons. The molecule has 1 amide bonds. The van der Waals surface area contributed by atoms with E-state index in [0.717, 1.165) is 11.1 Å². The van der Waals surface area contributed by atoms with Crippen molar-refractivity contribution < 1.29 is 4.79 Å². The second-order valence-corrected chi connectivity index (χ2v) is 4.69. The molecule has 0 aromatic heterocycles. The summed E-state index contributed by atoms with van der Waals surface area (Å²) in [6, 6.07) is 20.8. The first-order chi connectivity index (χ1) is 10.2. The van der Waals surface area contributed by atoms with Crippen molar-refractivity contribution in [2.75, 3.05) is 0 Å². The molecular formula is C18H16N2O. The molecular weight excluding hydrogens is 260 g/mol. The summed E-state index contributed by atoms with van der Waals surface area (Å²) in [5.41, 5.74) is 1.93. The van der Waals surface area contributed by atoms with Crippen LogP contribution in [0.4, 0.5) is 0 Å². The number of nitriles is 1. The van der Waals surface area contributed by atoms with Crippen molar-refractivity contribution in [1.29, 1.82) is 5.26 Å². The minimum absolute atomic E-state index is 0.101. The van der Waals surface area contributed by atoms with E-state index in [0.29, 0.717) is 0 Å². The average molecular weight is 276 g/mol. The van der Waals surface area contributed by atoms with Crippen LogP contribution in [-0.2, 0) is 4.79 Å². The molecule has 1 atom stereocenters. The Hall–Kier alpha value is -2.86. The number of hydrogen-bond donors (Lipinski definition) is 1. The summed E-state index contributed by atoms with van der Waals surface area (Å²) in [4.78, 5) is 12.2. The zero-order chi connectivity index (χ0) is 15.1. The highest BCUT2D eigenvalue weighted by Crippen LogP contribution is 2.13. The highest BCUT2D eigenvalue weighted by atomic mass is 16.1. The first kappa shape index (κ1) is 14.5. The number of carbonyl (C=O) groups excluding carboxylic acids is 1. The van der Waals surface area contributed by atoms with Gasteiger partial charge in [0, 0.05) is 0 Å². The molecule has 0 heterocycles. The summed E-state index contributed by atoms with van der Waals surface area (Å²) < 4.78 is 0. The molecule has 0 fully saturated rings. The van der Waals surface area contributed by atoms with Crippen LogP contribution in [-0.4, -0.2) is 5.91 Å². The summed E-state index contributed by atoms with van der Waals surface area (Å²) in [7, 11) is 0. The Balaban J connectivity index is 2.11. The molecule has 0 aliphatic carbocycles. The largest absolute Gasteiger partial charge is 0.345 e. The van der Waals surface area contributed by atoms with Crippen LogP contribution in [0.1, 0.15) is 24.1 Å². The van der Waals surface area contributed by atoms with Crippen LogP contribution in [0.5, 0.6) is 0 Å². The van der Waals surface area contributed by atoms with E-state index in [2.05, 4.69) is 5.32 Å². The zero-order valence-corrected chi connectivity index (χ0v) is 11.8. The Morgan fingerprint density at radius 3 is 2.24 bits per heavy atom. The van der Waals surface area contributed by atoms with Gasteiger partial charge in [-0.25, -0.2) is 0 Å². The van der Waals surface area contributed by atoms with Crippen molar-refractivity contribution in [3.05, 3.63) is 77.4 Å². The molecule has 1 N–H and O–H groups in total. The van der Waals surface area contributed by atoms with E-state index in [1.807, 2.05) is 73.7 Å². The van der Waals surface area contributed by atoms with Gasteiger partial charge in [0.1, 0.15) is 11.6 Å². The van der Waals surface area contributed by atoms with Crippen LogP contribution in [0.3, 0.4) is 0 Å². The second kappa shape index (κ2) is 7.06. The minimum atomic E-state index is -0.363. The van der Waals surface area contributed by atoms with Crippen molar-refractivity contribution in [2.24, 2.45) is 0 Å². The van der Waals surface area contributed by atoms with Gasteiger partial charge in [-0.3, -0.25) is 4.79 Å². The summed E-state index contributed by atoms with van der Waals surface area (Å²) in [5.74, 6) is -0.363. The van der Waals surface area contributed by atoms with Gasteiger partial charge in [-0.1, -0.05) is 60.7 Å². The fourth-order valence-electron chi connectivity index (χ4n) is 1.96. The molecule has 2 rings (SSSR count). The van der Waals surface area contributed by atoms with E-state index in [-0.39, 0.29) is 17.5 Å². The maximum Gasteiger partial charge on any atom is 0.262 e. The molecule has 3 nitrogen and oxygen atoms in total. The first-order valence-corrected chi connectivity index (χ1v) is 6.73. The lowest BCUT2D eigenvalue weighted by molar-refractivity contribution is -0.117. The summed E-state index contributed by atoms with van der Waals surface area (Å²) in [6.07, 6.45) is 1.59. The summed E-state index contributed by atoms with van der Waals surface area (Å²) in [6.45, 7) is 1.89. The number of rotatable bonds is 4. The number of amides is 1. The van der Waals surface area contributed by atoms with Crippen LogP contribution in [0.25, 0.3) is 6.08 Å². The fourth-order valence-corrected chi connectivity index (χ4v) is 1.96. The highest BCUT2D eigenvalue weighted by molar-refractivity contribution is 6.01. The zero-order valence-electron chi connectivity index (χ0n) is 11.8. The number of nitrogens with one attached hydrogen (secondary N) is 1. The van der Waals surface area contributed by atoms with E-state index in [4.69, 9.17) is 5.26 Å². The van der Waals surface area contributed by atoms with Gasteiger partial charge in [0.05, 0.1) is 6.04 Å². The lowest BCUT2D eigenvalue weighted by Crippen LogP contribution is -2.27. The Labute approximate surface area is 124 Å². The summed E-state index contributed by atoms with van der Waals surface area (Å²) in [5, 5.41) is 12.0. The van der Waals surface area contributed by atoms with Crippen molar-refractivity contribution in [2.45, 2.75) is 13.0 Å². The van der Waals surface area contributed by atoms with Crippen LogP contribution in [0.2, 0.25) is 0 Å². The molecule has 3 heteroatoms. The van der Waals surface area contributed by atoms with Gasteiger partial charge in [0.25, 0.3) is 5.91 Å². The van der Waals surface area contributed by atoms with Crippen molar-refractivity contribution in [1.82, 2.24) is 5.32 Å². The third-order valence-electron chi connectivity index (χ3n) is 3.12. The predicted octanol–water partition coefficient (Wildman–Crippen LogP) is 3.47. The highest BCUT2D eigenvalue weighted by Gasteiger charge is 2.13. The van der Waals surface area contributed by atoms with Gasteiger partial charge in [-0.05, 0) is 24.1 Å². The third kappa shape index (κ3) is 4.05. The van der Waals surface area contributed by atoms with Gasteiger partial charge in [0.2, 0.25) is 0 Å². The number of hydrogen-bond acceptors (Lipinski definition) is 2. The maximum absolute atomic E-state index is 12.2. The molecule has 0 saturated heterocycles. The molecule has 0 aliphatic heterocycles. The molecule has 0 aliphatic rings. The Morgan fingerprint density at radius 1 is 1.10 bits per heavy atom. The molecule has 1 unspecified atom stereocenters. The van der Waals surface area contributed by atoms with Crippen molar-refractivity contribution >= 4 is 12.0 Å². The number of nitrogens with zero attached hydrogens (tertiary/aromatic N) is 1. The van der Waals surface area contributed by atoms with Crippen molar-refractivity contribution in [3.8, 4) is 6.07 Å². The standard InChI is InChI=1S/C18H16N2O/c1-14(16-10-6-3-7-11-16)20-18(21)17(13-19)12-15-8-4-2-5-9-15/h2-12,14H,1H3,(H,20,21)/b17-12+. The SMILES string of the molecule is CC(NC(=O)/C(C#N)=C/c1ccccc1)c1ccccc1. The minimum Gasteiger partial charge on any atom is -0.345 e. The van der Waals surface area contributed by atoms with Gasteiger partial charge in [-0.2, -0.15) is 5.26 Å². The number of benzene rings is 2. The quantitative estimate of drug-likeness (QED) is 0.686. The molecule has 0 spiro atoms. The molecule has 21 heavy (non-hydrogen) atoms. The second-order valence-electron chi connectivity index (χ2n) is 4.69. The third-order valence-corrected chi connectivity index (χ3v) is 3.12. The topological polar surface area (TPSA) is 52.9 Å². The smallest absolute Gasteiger partial charge is 0.262 e. The Bertz CT molecular complexity index is 669. The number of carbonyl (C=O) groups is 1. The van der Waals surface area contributed by atoms with Gasteiger partial charge < -0.3 is 5.32 Å². The van der Waals surface area contributed by atoms with E-state index in [1.165, 1.54) is 0 Å². The molecule has 0 saturated carbocycles. The van der Waals surface area contributed by atoms with Crippen LogP contribution in [0, 0.1) is 11.3 Å². The molecule has 0 radical (unpaired) electrons. The van der Waals surface area contributed by atoms with Gasteiger partial charge in [-0.15, -0.1) is 0 Å². The summed E-state index contributed by atoms with van der Waals surface area (Å²) >= 11 is 0. The normalized spacial score (nSPS) is 12.3. The maximum atomic E-state index is 12.2. The fraction of sp³-hybridized carbons (Fsp3) is 0.111. The van der Waals surface area contributed by atoms with Gasteiger partial charge >= 0.3 is 0 Å². The molecule has 2 aromatic rings. The van der Waals surface area contributed by atoms with E-state index >= 15 is 0 Å². The Kier molecular flexibility index (Phi) is 4.89. The monoisotopic (exact) mass is 276 g/mol. The van der Waals surface area contributed by atoms with Crippen LogP contribution < -0.4 is 5.32 Å². The lowest BCUT2D eigenvalue weighted by atomic mass is 10.1. The van der Waals surface area contributed by atoms with E-state index < -0.39 is 0 Å². The average Bonchev–Trinajstić information content (AvgIpc) is 2.54. The lowest BCUT2D eigenvalue weighted by Gasteiger charge is -2.13.